The van der Waals surface area contributed by atoms with Crippen molar-refractivity contribution in [2.45, 2.75) is 46.0 Å². The van der Waals surface area contributed by atoms with E-state index in [4.69, 9.17) is 3.40 Å². The Morgan fingerprint density at radius 2 is 0.762 bits per heavy atom. The normalized spacial score (nSPS) is 18.5. The SMILES string of the molecule is C.Cl.Cl.[CH]1[CH][CH]CCC[CH][CH]1.[CH]1[CH][CH]CCC[CH][CH]1.[O]=[W]. The van der Waals surface area contributed by atoms with Gasteiger partial charge in [0.15, 0.2) is 0 Å². The fourth-order valence-electron chi connectivity index (χ4n) is 1.53. The van der Waals surface area contributed by atoms with Gasteiger partial charge in [-0.05, 0) is 89.9 Å². The molecule has 1 nitrogen and oxygen atoms in total. The van der Waals surface area contributed by atoms with Crippen molar-refractivity contribution in [2.24, 2.45) is 0 Å². The third-order valence-corrected chi connectivity index (χ3v) is 2.47. The molecular formula is C17H28Cl2OW. The maximum absolute atomic E-state index is 8.33. The van der Waals surface area contributed by atoms with Crippen LogP contribution in [0, 0.1) is 64.2 Å². The number of rotatable bonds is 0. The van der Waals surface area contributed by atoms with Gasteiger partial charge in [-0.25, -0.2) is 0 Å². The van der Waals surface area contributed by atoms with Crippen molar-refractivity contribution >= 4 is 24.8 Å². The predicted molar refractivity (Wildman–Crippen MR) is 92.6 cm³/mol. The van der Waals surface area contributed by atoms with Crippen LogP contribution in [-0.2, 0) is 23.2 Å². The van der Waals surface area contributed by atoms with Gasteiger partial charge in [0.2, 0.25) is 0 Å². The number of hydrogen-bond donors (Lipinski definition) is 0. The molecule has 2 aliphatic carbocycles. The van der Waals surface area contributed by atoms with Gasteiger partial charge >= 0.3 is 23.2 Å². The van der Waals surface area contributed by atoms with Crippen LogP contribution in [0.1, 0.15) is 46.0 Å². The molecule has 10 radical (unpaired) electrons. The topological polar surface area (TPSA) is 17.1 Å². The molecule has 2 saturated carbocycles. The van der Waals surface area contributed by atoms with Gasteiger partial charge in [0.25, 0.3) is 0 Å². The molecule has 0 aromatic carbocycles. The zero-order valence-electron chi connectivity index (χ0n) is 11.6. The van der Waals surface area contributed by atoms with E-state index in [0.29, 0.717) is 19.8 Å². The number of hydrogen-bond acceptors (Lipinski definition) is 1. The van der Waals surface area contributed by atoms with E-state index >= 15 is 0 Å². The van der Waals surface area contributed by atoms with E-state index in [-0.39, 0.29) is 32.2 Å². The fraction of sp³-hybridized carbons (Fsp3) is 0.412. The Labute approximate surface area is 157 Å². The van der Waals surface area contributed by atoms with Crippen molar-refractivity contribution in [3.05, 3.63) is 64.2 Å². The molecule has 0 aliphatic heterocycles. The summed E-state index contributed by atoms with van der Waals surface area (Å²) in [6.07, 6.45) is 29.0. The van der Waals surface area contributed by atoms with E-state index in [1.807, 2.05) is 0 Å². The molecule has 0 bridgehead atoms. The van der Waals surface area contributed by atoms with Crippen LogP contribution in [0.5, 0.6) is 0 Å². The standard InChI is InChI=1S/2C8H11.CH4.2ClH.O.W/c2*1-2-4-6-8-7-5-3-1;;;;;/h2*1-5H,6-8H2;1H4;2*1H;;. The third-order valence-electron chi connectivity index (χ3n) is 2.47. The summed E-state index contributed by atoms with van der Waals surface area (Å²) >= 11 is 0.333. The molecule has 2 rings (SSSR count). The first-order valence-electron chi connectivity index (χ1n) is 6.47. The predicted octanol–water partition coefficient (Wildman–Crippen LogP) is 5.74. The van der Waals surface area contributed by atoms with Crippen molar-refractivity contribution in [3.8, 4) is 0 Å². The van der Waals surface area contributed by atoms with E-state index in [1.165, 1.54) is 38.5 Å². The summed E-state index contributed by atoms with van der Waals surface area (Å²) in [5.41, 5.74) is 0. The first kappa shape index (κ1) is 30.0. The van der Waals surface area contributed by atoms with E-state index in [2.05, 4.69) is 64.2 Å². The summed E-state index contributed by atoms with van der Waals surface area (Å²) in [4.78, 5) is 0. The quantitative estimate of drug-likeness (QED) is 0.412. The summed E-state index contributed by atoms with van der Waals surface area (Å²) < 4.78 is 8.33. The maximum atomic E-state index is 8.33. The molecule has 21 heavy (non-hydrogen) atoms. The zero-order chi connectivity index (χ0) is 13.3. The molecule has 0 N–H and O–H groups in total. The van der Waals surface area contributed by atoms with Gasteiger partial charge in [-0.2, -0.15) is 0 Å². The third kappa shape index (κ3) is 26.3. The van der Waals surface area contributed by atoms with Crippen molar-refractivity contribution in [2.75, 3.05) is 0 Å². The molecule has 0 aromatic heterocycles. The van der Waals surface area contributed by atoms with Crippen molar-refractivity contribution < 1.29 is 23.2 Å². The molecule has 0 unspecified atom stereocenters. The molecule has 0 aromatic rings. The van der Waals surface area contributed by atoms with Crippen molar-refractivity contribution in [1.29, 1.82) is 0 Å². The van der Waals surface area contributed by atoms with Crippen molar-refractivity contribution in [1.82, 2.24) is 0 Å². The first-order chi connectivity index (χ1) is 9.00. The summed E-state index contributed by atoms with van der Waals surface area (Å²) in [6, 6.07) is 0. The van der Waals surface area contributed by atoms with Gasteiger partial charge in [0.1, 0.15) is 0 Å². The minimum absolute atomic E-state index is 0. The van der Waals surface area contributed by atoms with Gasteiger partial charge in [-0.15, -0.1) is 24.8 Å². The van der Waals surface area contributed by atoms with Gasteiger partial charge in [-0.1, -0.05) is 20.3 Å². The second kappa shape index (κ2) is 29.1. The molecule has 0 spiro atoms. The van der Waals surface area contributed by atoms with Gasteiger partial charge in [-0.3, -0.25) is 0 Å². The van der Waals surface area contributed by atoms with Crippen LogP contribution in [0.3, 0.4) is 0 Å². The molecule has 0 amide bonds. The molecule has 122 valence electrons. The van der Waals surface area contributed by atoms with Gasteiger partial charge < -0.3 is 0 Å². The van der Waals surface area contributed by atoms with E-state index in [0.717, 1.165) is 0 Å². The Kier molecular flexibility index (Phi) is 41.6. The molecule has 2 aliphatic rings. The molecule has 0 atom stereocenters. The molecule has 0 heterocycles. The van der Waals surface area contributed by atoms with E-state index in [9.17, 15) is 0 Å². The van der Waals surface area contributed by atoms with Crippen LogP contribution in [-0.4, -0.2) is 0 Å². The fourth-order valence-corrected chi connectivity index (χ4v) is 1.53. The zero-order valence-corrected chi connectivity index (χ0v) is 16.2. The van der Waals surface area contributed by atoms with Crippen LogP contribution in [0.4, 0.5) is 0 Å². The van der Waals surface area contributed by atoms with Crippen LogP contribution < -0.4 is 0 Å². The van der Waals surface area contributed by atoms with Crippen LogP contribution in [0.15, 0.2) is 0 Å². The minimum atomic E-state index is 0. The van der Waals surface area contributed by atoms with Gasteiger partial charge in [0.05, 0.1) is 0 Å². The Balaban J connectivity index is -0.000000109. The van der Waals surface area contributed by atoms with E-state index < -0.39 is 0 Å². The average molecular weight is 503 g/mol. The second-order valence-electron chi connectivity index (χ2n) is 3.96. The summed E-state index contributed by atoms with van der Waals surface area (Å²) in [6.45, 7) is 0. The molecule has 4 heteroatoms. The second-order valence-corrected chi connectivity index (χ2v) is 3.96. The Morgan fingerprint density at radius 1 is 0.524 bits per heavy atom. The van der Waals surface area contributed by atoms with Gasteiger partial charge in [0, 0.05) is 0 Å². The van der Waals surface area contributed by atoms with Crippen molar-refractivity contribution in [3.63, 3.8) is 0 Å². The molecular weight excluding hydrogens is 475 g/mol. The Hall–Kier alpha value is 1.07. The first-order valence-corrected chi connectivity index (χ1v) is 7.66. The Bertz CT molecular complexity index is 95.7. The summed E-state index contributed by atoms with van der Waals surface area (Å²) in [5.74, 6) is 0. The number of halogens is 2. The Morgan fingerprint density at radius 3 is 1.00 bits per heavy atom. The summed E-state index contributed by atoms with van der Waals surface area (Å²) in [7, 11) is 0. The monoisotopic (exact) mass is 502 g/mol. The molecule has 0 saturated heterocycles. The van der Waals surface area contributed by atoms with Crippen LogP contribution >= 0.6 is 24.8 Å². The molecule has 2 fully saturated rings. The average Bonchev–Trinajstić information content (AvgIpc) is 2.30. The summed E-state index contributed by atoms with van der Waals surface area (Å²) in [5, 5.41) is 0. The van der Waals surface area contributed by atoms with E-state index in [1.54, 1.807) is 0 Å². The van der Waals surface area contributed by atoms with Crippen LogP contribution in [0.2, 0.25) is 0 Å². The van der Waals surface area contributed by atoms with Crippen LogP contribution in [0.25, 0.3) is 0 Å².